The summed E-state index contributed by atoms with van der Waals surface area (Å²) in [6, 6.07) is 5.28. The second-order valence-corrected chi connectivity index (χ2v) is 5.66. The molecule has 1 aromatic carbocycles. The molecule has 0 radical (unpaired) electrons. The Kier molecular flexibility index (Phi) is 4.45. The molecule has 3 nitrogen and oxygen atoms in total. The Hall–Kier alpha value is -1.10. The first kappa shape index (κ1) is 14.3. The molecule has 0 saturated carbocycles. The van der Waals surface area contributed by atoms with Crippen molar-refractivity contribution in [1.29, 1.82) is 0 Å². The summed E-state index contributed by atoms with van der Waals surface area (Å²) in [6.07, 6.45) is 0.726. The molecular formula is C13H11Cl2NO2S. The number of rotatable bonds is 3. The Morgan fingerprint density at radius 1 is 1.37 bits per heavy atom. The van der Waals surface area contributed by atoms with Crippen molar-refractivity contribution < 1.29 is 9.53 Å². The van der Waals surface area contributed by atoms with Crippen LogP contribution in [0, 0.1) is 0 Å². The first-order chi connectivity index (χ1) is 9.06. The molecule has 0 fully saturated rings. The van der Waals surface area contributed by atoms with Crippen LogP contribution in [-0.4, -0.2) is 18.1 Å². The molecule has 0 unspecified atom stereocenters. The summed E-state index contributed by atoms with van der Waals surface area (Å²) in [4.78, 5) is 16.9. The van der Waals surface area contributed by atoms with Gasteiger partial charge in [-0.2, -0.15) is 0 Å². The lowest BCUT2D eigenvalue weighted by Gasteiger charge is -1.99. The standard InChI is InChI=1S/C13H11Cl2NO2S/c1-3-10-11(13(17)18-2)16-12(19-10)7-4-5-8(14)9(15)6-7/h4-6H,3H2,1-2H3. The van der Waals surface area contributed by atoms with Gasteiger partial charge >= 0.3 is 5.97 Å². The fourth-order valence-electron chi connectivity index (χ4n) is 1.60. The van der Waals surface area contributed by atoms with Gasteiger partial charge in [0.1, 0.15) is 5.01 Å². The van der Waals surface area contributed by atoms with Crippen LogP contribution in [0.2, 0.25) is 10.0 Å². The van der Waals surface area contributed by atoms with Crippen molar-refractivity contribution in [3.63, 3.8) is 0 Å². The maximum absolute atomic E-state index is 11.6. The summed E-state index contributed by atoms with van der Waals surface area (Å²) in [5.41, 5.74) is 1.21. The van der Waals surface area contributed by atoms with Crippen molar-refractivity contribution in [2.45, 2.75) is 13.3 Å². The van der Waals surface area contributed by atoms with Crippen LogP contribution in [0.1, 0.15) is 22.3 Å². The number of halogens is 2. The van der Waals surface area contributed by atoms with Gasteiger partial charge in [0.25, 0.3) is 0 Å². The van der Waals surface area contributed by atoms with Crippen molar-refractivity contribution in [3.8, 4) is 10.6 Å². The topological polar surface area (TPSA) is 39.2 Å². The summed E-state index contributed by atoms with van der Waals surface area (Å²) < 4.78 is 4.73. The smallest absolute Gasteiger partial charge is 0.357 e. The lowest BCUT2D eigenvalue weighted by atomic mass is 10.2. The second-order valence-electron chi connectivity index (χ2n) is 3.76. The summed E-state index contributed by atoms with van der Waals surface area (Å²) in [5, 5.41) is 1.69. The zero-order valence-corrected chi connectivity index (χ0v) is 12.7. The molecule has 0 aliphatic carbocycles. The predicted octanol–water partition coefficient (Wildman–Crippen LogP) is 4.47. The van der Waals surface area contributed by atoms with Gasteiger partial charge in [-0.05, 0) is 18.6 Å². The van der Waals surface area contributed by atoms with Crippen molar-refractivity contribution in [1.82, 2.24) is 4.98 Å². The van der Waals surface area contributed by atoms with E-state index in [2.05, 4.69) is 4.98 Å². The first-order valence-corrected chi connectivity index (χ1v) is 7.17. The van der Waals surface area contributed by atoms with E-state index >= 15 is 0 Å². The number of hydrogen-bond acceptors (Lipinski definition) is 4. The van der Waals surface area contributed by atoms with Crippen LogP contribution in [0.4, 0.5) is 0 Å². The average molecular weight is 316 g/mol. The molecule has 0 bridgehead atoms. The number of esters is 1. The largest absolute Gasteiger partial charge is 0.464 e. The Morgan fingerprint density at radius 3 is 2.68 bits per heavy atom. The summed E-state index contributed by atoms with van der Waals surface area (Å²) in [5.74, 6) is -0.417. The molecule has 19 heavy (non-hydrogen) atoms. The van der Waals surface area contributed by atoms with Gasteiger partial charge in [-0.15, -0.1) is 11.3 Å². The van der Waals surface area contributed by atoms with Crippen LogP contribution in [0.3, 0.4) is 0 Å². The van der Waals surface area contributed by atoms with Crippen LogP contribution in [0.25, 0.3) is 10.6 Å². The quantitative estimate of drug-likeness (QED) is 0.785. The molecule has 2 aromatic rings. The number of methoxy groups -OCH3 is 1. The number of benzene rings is 1. The highest BCUT2D eigenvalue weighted by molar-refractivity contribution is 7.15. The number of thiazole rings is 1. The second kappa shape index (κ2) is 5.90. The third-order valence-electron chi connectivity index (χ3n) is 2.56. The van der Waals surface area contributed by atoms with E-state index in [9.17, 15) is 4.79 Å². The normalized spacial score (nSPS) is 10.5. The molecule has 0 amide bonds. The van der Waals surface area contributed by atoms with E-state index in [0.29, 0.717) is 15.7 Å². The van der Waals surface area contributed by atoms with Crippen molar-refractivity contribution in [2.24, 2.45) is 0 Å². The van der Waals surface area contributed by atoms with E-state index in [4.69, 9.17) is 27.9 Å². The van der Waals surface area contributed by atoms with Crippen LogP contribution in [-0.2, 0) is 11.2 Å². The number of aromatic nitrogens is 1. The first-order valence-electron chi connectivity index (χ1n) is 5.60. The third-order valence-corrected chi connectivity index (χ3v) is 4.55. The van der Waals surface area contributed by atoms with Crippen LogP contribution in [0.15, 0.2) is 18.2 Å². The third kappa shape index (κ3) is 2.91. The molecule has 0 atom stereocenters. The Bertz CT molecular complexity index is 625. The van der Waals surface area contributed by atoms with E-state index in [1.807, 2.05) is 13.0 Å². The highest BCUT2D eigenvalue weighted by Crippen LogP contribution is 2.32. The Labute approximate surface area is 125 Å². The van der Waals surface area contributed by atoms with Gasteiger partial charge in [0.15, 0.2) is 5.69 Å². The molecule has 100 valence electrons. The SMILES string of the molecule is CCc1sc(-c2ccc(Cl)c(Cl)c2)nc1C(=O)OC. The molecule has 1 heterocycles. The summed E-state index contributed by atoms with van der Waals surface area (Å²) >= 11 is 13.3. The van der Waals surface area contributed by atoms with E-state index in [1.54, 1.807) is 12.1 Å². The van der Waals surface area contributed by atoms with Crippen LogP contribution in [0.5, 0.6) is 0 Å². The minimum Gasteiger partial charge on any atom is -0.464 e. The van der Waals surface area contributed by atoms with E-state index in [-0.39, 0.29) is 0 Å². The molecular weight excluding hydrogens is 305 g/mol. The Morgan fingerprint density at radius 2 is 2.11 bits per heavy atom. The summed E-state index contributed by atoms with van der Waals surface area (Å²) in [7, 11) is 1.35. The van der Waals surface area contributed by atoms with Crippen molar-refractivity contribution >= 4 is 40.5 Å². The van der Waals surface area contributed by atoms with Gasteiger partial charge in [0.05, 0.1) is 17.2 Å². The van der Waals surface area contributed by atoms with Crippen LogP contribution < -0.4 is 0 Å². The minimum atomic E-state index is -0.417. The zero-order valence-electron chi connectivity index (χ0n) is 10.4. The molecule has 2 rings (SSSR count). The molecule has 0 N–H and O–H groups in total. The Balaban J connectivity index is 2.48. The van der Waals surface area contributed by atoms with Crippen LogP contribution >= 0.6 is 34.5 Å². The molecule has 0 aliphatic rings. The highest BCUT2D eigenvalue weighted by atomic mass is 35.5. The highest BCUT2D eigenvalue weighted by Gasteiger charge is 2.18. The number of hydrogen-bond donors (Lipinski definition) is 0. The van der Waals surface area contributed by atoms with E-state index in [0.717, 1.165) is 21.9 Å². The molecule has 6 heteroatoms. The maximum atomic E-state index is 11.6. The number of nitrogens with zero attached hydrogens (tertiary/aromatic N) is 1. The minimum absolute atomic E-state index is 0.371. The molecule has 1 aromatic heterocycles. The fraction of sp³-hybridized carbons (Fsp3) is 0.231. The number of ether oxygens (including phenoxy) is 1. The van der Waals surface area contributed by atoms with Crippen molar-refractivity contribution in [2.75, 3.05) is 7.11 Å². The monoisotopic (exact) mass is 315 g/mol. The van der Waals surface area contributed by atoms with E-state index < -0.39 is 5.97 Å². The average Bonchev–Trinajstić information content (AvgIpc) is 2.85. The zero-order chi connectivity index (χ0) is 14.0. The predicted molar refractivity (Wildman–Crippen MR) is 78.3 cm³/mol. The molecule has 0 aliphatic heterocycles. The van der Waals surface area contributed by atoms with Gasteiger partial charge in [-0.1, -0.05) is 36.2 Å². The van der Waals surface area contributed by atoms with Gasteiger partial charge in [0, 0.05) is 10.4 Å². The molecule has 0 saturated heterocycles. The lowest BCUT2D eigenvalue weighted by Crippen LogP contribution is -2.04. The number of aryl methyl sites for hydroxylation is 1. The van der Waals surface area contributed by atoms with Gasteiger partial charge in [0.2, 0.25) is 0 Å². The number of carbonyl (C=O) groups excluding carboxylic acids is 1. The van der Waals surface area contributed by atoms with Crippen molar-refractivity contribution in [3.05, 3.63) is 38.8 Å². The lowest BCUT2D eigenvalue weighted by molar-refractivity contribution is 0.0594. The van der Waals surface area contributed by atoms with Gasteiger partial charge in [-0.3, -0.25) is 0 Å². The van der Waals surface area contributed by atoms with Gasteiger partial charge in [-0.25, -0.2) is 9.78 Å². The van der Waals surface area contributed by atoms with Gasteiger partial charge < -0.3 is 4.74 Å². The van der Waals surface area contributed by atoms with E-state index in [1.165, 1.54) is 18.4 Å². The molecule has 0 spiro atoms. The fourth-order valence-corrected chi connectivity index (χ4v) is 2.88. The summed E-state index contributed by atoms with van der Waals surface area (Å²) in [6.45, 7) is 1.97. The number of carbonyl (C=O) groups is 1. The maximum Gasteiger partial charge on any atom is 0.357 e.